The number of carbonyl (C=O) groups excluding carboxylic acids is 4. The number of aliphatic hydroxyl groups is 5. The summed E-state index contributed by atoms with van der Waals surface area (Å²) >= 11 is 0. The number of carboxylic acids is 1. The summed E-state index contributed by atoms with van der Waals surface area (Å²) in [5.41, 5.74) is 0. The maximum absolute atomic E-state index is 13.4. The second-order valence-corrected chi connectivity index (χ2v) is 20.7. The number of carbonyl (C=O) groups is 5. The second-order valence-electron chi connectivity index (χ2n) is 20.7. The van der Waals surface area contributed by atoms with Crippen molar-refractivity contribution in [3.8, 4) is 0 Å². The Morgan fingerprint density at radius 3 is 1.33 bits per heavy atom. The van der Waals surface area contributed by atoms with E-state index in [4.69, 9.17) is 14.2 Å². The molecule has 16 heteroatoms. The molecule has 1 heterocycles. The number of aliphatic hydroxyl groups excluding tert-OH is 5. The molecule has 0 bridgehead atoms. The Morgan fingerprint density at radius 1 is 0.542 bits per heavy atom. The molecule has 1 rings (SSSR count). The van der Waals surface area contributed by atoms with Crippen molar-refractivity contribution in [1.82, 2.24) is 10.6 Å². The summed E-state index contributed by atoms with van der Waals surface area (Å²) in [6, 6.07) is -2.58. The molecule has 0 amide bonds. The molecule has 16 nitrogen and oxygen atoms in total. The largest absolute Gasteiger partial charge is 0.480 e. The minimum absolute atomic E-state index is 0.126. The molecule has 1 unspecified atom stereocenters. The van der Waals surface area contributed by atoms with Gasteiger partial charge in [0.25, 0.3) is 0 Å². The van der Waals surface area contributed by atoms with Crippen LogP contribution < -0.4 is 10.6 Å². The zero-order valence-electron chi connectivity index (χ0n) is 45.2. The van der Waals surface area contributed by atoms with E-state index in [1.165, 1.54) is 96.3 Å². The van der Waals surface area contributed by atoms with Gasteiger partial charge in [-0.1, -0.05) is 194 Å². The fraction of sp³-hybridized carbons (Fsp3) is 0.911. The molecule has 1 aliphatic heterocycles. The summed E-state index contributed by atoms with van der Waals surface area (Å²) in [4.78, 5) is 64.5. The van der Waals surface area contributed by atoms with Crippen molar-refractivity contribution in [3.05, 3.63) is 0 Å². The molecule has 0 saturated carbocycles. The van der Waals surface area contributed by atoms with Crippen molar-refractivity contribution in [2.24, 2.45) is 0 Å². The van der Waals surface area contributed by atoms with Gasteiger partial charge in [0.2, 0.25) is 6.29 Å². The number of hydrogen-bond acceptors (Lipinski definition) is 15. The molecule has 1 fully saturated rings. The number of ether oxygens (including phenoxy) is 3. The number of ketones is 3. The molecule has 0 aromatic carbocycles. The predicted molar refractivity (Wildman–Crippen MR) is 280 cm³/mol. The monoisotopic (exact) mass is 1030 g/mol. The Bertz CT molecular complexity index is 1390. The molecular formula is C56H104N2O14. The topological polar surface area (TPSA) is 258 Å². The number of Topliss-reactive ketones (excluding diaryl/α,β-unsaturated/α-hetero) is 3. The molecule has 0 spiro atoms. The van der Waals surface area contributed by atoms with E-state index in [0.29, 0.717) is 19.3 Å². The van der Waals surface area contributed by atoms with E-state index in [1.807, 2.05) is 0 Å². The molecule has 1 saturated heterocycles. The predicted octanol–water partition coefficient (Wildman–Crippen LogP) is 8.50. The van der Waals surface area contributed by atoms with E-state index in [9.17, 15) is 54.6 Å². The van der Waals surface area contributed by atoms with Crippen LogP contribution in [0.2, 0.25) is 0 Å². The molecule has 0 aromatic rings. The average molecular weight is 1030 g/mol. The molecule has 0 aliphatic carbocycles. The van der Waals surface area contributed by atoms with Crippen LogP contribution in [0.15, 0.2) is 0 Å². The second kappa shape index (κ2) is 44.8. The first-order valence-electron chi connectivity index (χ1n) is 28.8. The lowest BCUT2D eigenvalue weighted by Crippen LogP contribution is -2.65. The summed E-state index contributed by atoms with van der Waals surface area (Å²) in [6.45, 7) is 4.61. The van der Waals surface area contributed by atoms with Crippen molar-refractivity contribution in [1.29, 1.82) is 0 Å². The van der Waals surface area contributed by atoms with Gasteiger partial charge in [0.1, 0.15) is 42.5 Å². The highest BCUT2D eigenvalue weighted by Crippen LogP contribution is 2.26. The van der Waals surface area contributed by atoms with Gasteiger partial charge < -0.3 is 44.8 Å². The van der Waals surface area contributed by atoms with Crippen LogP contribution in [0.5, 0.6) is 0 Å². The van der Waals surface area contributed by atoms with Crippen LogP contribution in [-0.2, 0) is 38.2 Å². The van der Waals surface area contributed by atoms with E-state index in [0.717, 1.165) is 77.0 Å². The molecule has 0 aromatic heterocycles. The number of carboxylic acid groups (broad SMARTS) is 1. The molecule has 0 radical (unpaired) electrons. The molecule has 9 atom stereocenters. The molecule has 72 heavy (non-hydrogen) atoms. The Labute approximate surface area is 434 Å². The van der Waals surface area contributed by atoms with E-state index < -0.39 is 92.4 Å². The van der Waals surface area contributed by atoms with Crippen molar-refractivity contribution < 1.29 is 68.8 Å². The lowest BCUT2D eigenvalue weighted by molar-refractivity contribution is -0.270. The van der Waals surface area contributed by atoms with Crippen LogP contribution in [0, 0.1) is 0 Å². The summed E-state index contributed by atoms with van der Waals surface area (Å²) < 4.78 is 17.4. The van der Waals surface area contributed by atoms with Crippen LogP contribution in [0.25, 0.3) is 0 Å². The minimum Gasteiger partial charge on any atom is -0.480 e. The summed E-state index contributed by atoms with van der Waals surface area (Å²) in [5.74, 6) is -3.42. The number of rotatable bonds is 51. The van der Waals surface area contributed by atoms with Crippen molar-refractivity contribution in [3.63, 3.8) is 0 Å². The van der Waals surface area contributed by atoms with Gasteiger partial charge in [-0.3, -0.25) is 34.6 Å². The van der Waals surface area contributed by atoms with E-state index in [2.05, 4.69) is 31.4 Å². The van der Waals surface area contributed by atoms with E-state index >= 15 is 0 Å². The van der Waals surface area contributed by atoms with Crippen LogP contribution in [-0.4, -0.2) is 141 Å². The Hall–Kier alpha value is -2.41. The van der Waals surface area contributed by atoms with Gasteiger partial charge in [0, 0.05) is 25.7 Å². The normalized spacial score (nSPS) is 19.7. The first kappa shape index (κ1) is 67.6. The summed E-state index contributed by atoms with van der Waals surface area (Å²) in [5, 5.41) is 68.8. The van der Waals surface area contributed by atoms with Crippen molar-refractivity contribution in [2.75, 3.05) is 26.3 Å². The smallest absolute Gasteiger partial charge is 0.320 e. The number of hydrogen-bond donors (Lipinski definition) is 8. The number of esters is 1. The maximum Gasteiger partial charge on any atom is 0.320 e. The van der Waals surface area contributed by atoms with Crippen LogP contribution in [0.3, 0.4) is 0 Å². The highest BCUT2D eigenvalue weighted by atomic mass is 16.7. The number of aliphatic carboxylic acids is 1. The van der Waals surface area contributed by atoms with Gasteiger partial charge in [0.15, 0.2) is 5.78 Å². The van der Waals surface area contributed by atoms with Gasteiger partial charge in [-0.15, -0.1) is 0 Å². The third-order valence-electron chi connectivity index (χ3n) is 13.9. The number of nitrogens with one attached hydrogen (secondary N) is 2. The SMILES string of the molecule is CCCCCCCCCCC[C@@H](O)CC(=O)CN[C@H](CCC(=O)OC1O[C@H](CO)[C@@H](O)[C@H](OCC(=O)C[C@H](O)CCCCCCCCCCC)[C@H]1NCC(=O)C[C@H](O)CCCCCCCCCCC)C(=O)O. The van der Waals surface area contributed by atoms with Gasteiger partial charge in [0.05, 0.1) is 44.1 Å². The number of unbranched alkanes of at least 4 members (excludes halogenated alkanes) is 24. The quantitative estimate of drug-likeness (QED) is 0.0210. The van der Waals surface area contributed by atoms with Crippen molar-refractivity contribution in [2.45, 2.75) is 300 Å². The standard InChI is InChI=1S/C56H104N2O14/c1-4-7-10-13-16-19-22-25-28-31-43(60)36-46(63)39-57-49(55(68)69)34-35-51(66)72-56-52(58-40-47(64)37-44(61)32-29-26-23-20-17-14-11-8-5-2)54(53(67)50(41-59)71-56)70-42-48(65)38-45(62)33-30-27-24-21-18-15-12-9-6-3/h43-45,49-50,52-54,56-62,67H,4-42H2,1-3H3,(H,68,69)/t43-,44-,45-,49-,50-,52-,53-,54-,56?/m1/s1. The van der Waals surface area contributed by atoms with Gasteiger partial charge in [-0.25, -0.2) is 0 Å². The van der Waals surface area contributed by atoms with Gasteiger partial charge in [-0.05, 0) is 25.7 Å². The van der Waals surface area contributed by atoms with E-state index in [1.54, 1.807) is 0 Å². The Morgan fingerprint density at radius 2 is 0.931 bits per heavy atom. The lowest BCUT2D eigenvalue weighted by atomic mass is 9.96. The Kier molecular flexibility index (Phi) is 42.1. The third kappa shape index (κ3) is 35.0. The van der Waals surface area contributed by atoms with E-state index in [-0.39, 0.29) is 50.3 Å². The van der Waals surface area contributed by atoms with Crippen LogP contribution in [0.4, 0.5) is 0 Å². The summed E-state index contributed by atoms with van der Waals surface area (Å²) in [7, 11) is 0. The van der Waals surface area contributed by atoms with Crippen LogP contribution in [0.1, 0.15) is 245 Å². The zero-order chi connectivity index (χ0) is 53.2. The maximum atomic E-state index is 13.4. The highest BCUT2D eigenvalue weighted by molar-refractivity contribution is 5.82. The lowest BCUT2D eigenvalue weighted by Gasteiger charge is -2.43. The van der Waals surface area contributed by atoms with Crippen molar-refractivity contribution >= 4 is 29.3 Å². The first-order valence-corrected chi connectivity index (χ1v) is 28.8. The fourth-order valence-electron chi connectivity index (χ4n) is 9.37. The average Bonchev–Trinajstić information content (AvgIpc) is 3.34. The molecule has 1 aliphatic rings. The molecule has 422 valence electrons. The first-order chi connectivity index (χ1) is 34.8. The molecule has 8 N–H and O–H groups in total. The third-order valence-corrected chi connectivity index (χ3v) is 13.9. The highest BCUT2D eigenvalue weighted by Gasteiger charge is 2.48. The zero-order valence-corrected chi connectivity index (χ0v) is 45.2. The minimum atomic E-state index is -1.58. The Balaban J connectivity index is 2.88. The fourth-order valence-corrected chi connectivity index (χ4v) is 9.37. The van der Waals surface area contributed by atoms with Gasteiger partial charge >= 0.3 is 11.9 Å². The summed E-state index contributed by atoms with van der Waals surface area (Å²) in [6.07, 6.45) is 22.0. The van der Waals surface area contributed by atoms with Crippen LogP contribution >= 0.6 is 0 Å². The molecular weight excluding hydrogens is 925 g/mol. The van der Waals surface area contributed by atoms with Gasteiger partial charge in [-0.2, -0.15) is 0 Å².